The lowest BCUT2D eigenvalue weighted by atomic mass is 9.73. The molecule has 2 amide bonds. The van der Waals surface area contributed by atoms with E-state index in [1.165, 1.54) is 24.3 Å². The quantitative estimate of drug-likeness (QED) is 0.106. The minimum atomic E-state index is -3.50. The van der Waals surface area contributed by atoms with E-state index in [1.807, 2.05) is 0 Å². The maximum Gasteiger partial charge on any atom is 0.414 e. The summed E-state index contributed by atoms with van der Waals surface area (Å²) >= 11 is 0. The van der Waals surface area contributed by atoms with Crippen LogP contribution in [0.3, 0.4) is 0 Å². The lowest BCUT2D eigenvalue weighted by Crippen LogP contribution is -2.36. The van der Waals surface area contributed by atoms with Gasteiger partial charge in [-0.2, -0.15) is 13.9 Å². The number of hydrogen-bond acceptors (Lipinski definition) is 8. The summed E-state index contributed by atoms with van der Waals surface area (Å²) in [4.78, 5) is 30.8. The fourth-order valence-electron chi connectivity index (χ4n) is 7.16. The minimum Gasteiger partial charge on any atom is -0.450 e. The number of anilines is 1. The van der Waals surface area contributed by atoms with Gasteiger partial charge < -0.3 is 15.2 Å². The molecule has 1 aromatic carbocycles. The van der Waals surface area contributed by atoms with Gasteiger partial charge in [-0.15, -0.1) is 10.2 Å². The first kappa shape index (κ1) is 38.3. The first-order valence-electron chi connectivity index (χ1n) is 17.6. The molecule has 0 bridgehead atoms. The molecule has 18 heteroatoms. The van der Waals surface area contributed by atoms with Gasteiger partial charge >= 0.3 is 6.09 Å². The molecule has 4 aromatic heterocycles. The van der Waals surface area contributed by atoms with Crippen LogP contribution in [0.25, 0.3) is 16.8 Å². The standard InChI is InChI=1S/C38H34F6N8O4/c1-4-56-36(54)47-35-49-48-28-10-5-20(17-51(28)35)24-7-6-23(11-12-37(2,3)55)45-31(24)27(15-19-13-21(39)16-22(40)14-19)46-29(53)18-52-33-30(32(50-52)34(41)42)25-8-9-26(25)38(33,43)44/h5-7,10,13-14,16-17,25-27,34,55H,4,8-9,15,18H2,1-3H3,(H,46,53)(H,47,49,54)/t25-,26+,27-/m0/s1. The number of hydrogen-bond donors (Lipinski definition) is 3. The fraction of sp³-hybridized carbons (Fsp3) is 0.368. The van der Waals surface area contributed by atoms with Crippen molar-refractivity contribution in [2.24, 2.45) is 5.92 Å². The largest absolute Gasteiger partial charge is 0.450 e. The Kier molecular flexibility index (Phi) is 9.99. The fourth-order valence-corrected chi connectivity index (χ4v) is 7.16. The SMILES string of the molecule is CCOC(=O)Nc1nnc2ccc(-c3ccc(C#CC(C)(C)O)nc3[C@H](Cc3cc(F)cc(F)c3)NC(=O)Cn3nc(C(F)F)c4c3C(F)(F)[C@@H]3CC[C@H]43)cn12. The van der Waals surface area contributed by atoms with Crippen LogP contribution in [0, 0.1) is 29.4 Å². The first-order chi connectivity index (χ1) is 26.5. The Bertz CT molecular complexity index is 2390. The number of benzene rings is 1. The van der Waals surface area contributed by atoms with Gasteiger partial charge in [0.05, 0.1) is 18.3 Å². The molecule has 2 aliphatic rings. The van der Waals surface area contributed by atoms with Crippen molar-refractivity contribution in [1.29, 1.82) is 0 Å². The van der Waals surface area contributed by atoms with Crippen LogP contribution in [0.1, 0.15) is 85.9 Å². The van der Waals surface area contributed by atoms with Crippen LogP contribution in [0.4, 0.5) is 37.1 Å². The predicted molar refractivity (Wildman–Crippen MR) is 188 cm³/mol. The molecule has 0 spiro atoms. The Labute approximate surface area is 315 Å². The molecule has 5 aromatic rings. The molecule has 56 heavy (non-hydrogen) atoms. The van der Waals surface area contributed by atoms with Crippen LogP contribution in [0.2, 0.25) is 0 Å². The van der Waals surface area contributed by atoms with Crippen molar-refractivity contribution in [2.45, 2.75) is 76.5 Å². The van der Waals surface area contributed by atoms with Gasteiger partial charge in [-0.05, 0) is 93.8 Å². The zero-order chi connectivity index (χ0) is 40.1. The molecule has 3 N–H and O–H groups in total. The van der Waals surface area contributed by atoms with E-state index in [4.69, 9.17) is 9.72 Å². The van der Waals surface area contributed by atoms with Gasteiger partial charge in [0, 0.05) is 34.9 Å². The summed E-state index contributed by atoms with van der Waals surface area (Å²) < 4.78 is 95.4. The Morgan fingerprint density at radius 3 is 2.48 bits per heavy atom. The van der Waals surface area contributed by atoms with Gasteiger partial charge in [-0.3, -0.25) is 19.2 Å². The van der Waals surface area contributed by atoms with Gasteiger partial charge in [0.1, 0.15) is 40.9 Å². The summed E-state index contributed by atoms with van der Waals surface area (Å²) in [7, 11) is 0. The molecule has 0 radical (unpaired) electrons. The maximum absolute atomic E-state index is 15.6. The maximum atomic E-state index is 15.6. The highest BCUT2D eigenvalue weighted by Crippen LogP contribution is 2.63. The van der Waals surface area contributed by atoms with Gasteiger partial charge in [0.2, 0.25) is 11.9 Å². The monoisotopic (exact) mass is 780 g/mol. The molecule has 3 atom stereocenters. The lowest BCUT2D eigenvalue weighted by molar-refractivity contribution is -0.123. The third-order valence-electron chi connectivity index (χ3n) is 9.60. The van der Waals surface area contributed by atoms with Crippen LogP contribution in [-0.4, -0.2) is 58.7 Å². The summed E-state index contributed by atoms with van der Waals surface area (Å²) in [6, 6.07) is 7.83. The van der Waals surface area contributed by atoms with Crippen LogP contribution in [0.5, 0.6) is 0 Å². The molecule has 7 rings (SSSR count). The van der Waals surface area contributed by atoms with Crippen molar-refractivity contribution >= 4 is 23.6 Å². The molecule has 2 aliphatic carbocycles. The molecule has 1 fully saturated rings. The Hall–Kier alpha value is -5.96. The molecule has 0 unspecified atom stereocenters. The van der Waals surface area contributed by atoms with E-state index in [1.54, 1.807) is 31.3 Å². The molecule has 0 aliphatic heterocycles. The molecule has 4 heterocycles. The highest BCUT2D eigenvalue weighted by molar-refractivity contribution is 5.83. The number of rotatable bonds is 10. The summed E-state index contributed by atoms with van der Waals surface area (Å²) in [6.07, 6.45) is -2.27. The van der Waals surface area contributed by atoms with E-state index in [2.05, 4.69) is 37.8 Å². The van der Waals surface area contributed by atoms with Crippen LogP contribution in [-0.2, 0) is 28.4 Å². The average molecular weight is 781 g/mol. The van der Waals surface area contributed by atoms with Crippen molar-refractivity contribution in [1.82, 2.24) is 34.7 Å². The second-order valence-electron chi connectivity index (χ2n) is 14.1. The van der Waals surface area contributed by atoms with Gasteiger partial charge in [0.25, 0.3) is 12.3 Å². The Morgan fingerprint density at radius 1 is 1.07 bits per heavy atom. The number of aromatic nitrogens is 6. The summed E-state index contributed by atoms with van der Waals surface area (Å²) in [5, 5.41) is 27.3. The van der Waals surface area contributed by atoms with E-state index >= 15 is 8.78 Å². The number of carbonyl (C=O) groups is 2. The van der Waals surface area contributed by atoms with Crippen molar-refractivity contribution in [3.8, 4) is 23.0 Å². The number of amides is 2. The molecule has 0 saturated heterocycles. The van der Waals surface area contributed by atoms with Crippen molar-refractivity contribution in [3.63, 3.8) is 0 Å². The summed E-state index contributed by atoms with van der Waals surface area (Å²) in [6.45, 7) is 3.73. The smallest absolute Gasteiger partial charge is 0.414 e. The number of fused-ring (bicyclic) bond motifs is 4. The number of alkyl halides is 4. The number of halogens is 6. The van der Waals surface area contributed by atoms with Gasteiger partial charge in [-0.1, -0.05) is 5.92 Å². The predicted octanol–water partition coefficient (Wildman–Crippen LogP) is 6.59. The third kappa shape index (κ3) is 7.50. The number of ether oxygens (including phenoxy) is 1. The number of pyridine rings is 2. The Balaban J connectivity index is 1.33. The van der Waals surface area contributed by atoms with E-state index < -0.39 is 77.4 Å². The number of nitrogens with zero attached hydrogens (tertiary/aromatic N) is 6. The van der Waals surface area contributed by atoms with Crippen molar-refractivity contribution < 1.29 is 45.8 Å². The highest BCUT2D eigenvalue weighted by atomic mass is 19.3. The summed E-state index contributed by atoms with van der Waals surface area (Å²) in [5.41, 5.74) is -1.84. The molecular weight excluding hydrogens is 746 g/mol. The molecule has 12 nitrogen and oxygen atoms in total. The second-order valence-corrected chi connectivity index (χ2v) is 14.1. The number of nitrogens with one attached hydrogen (secondary N) is 2. The van der Waals surface area contributed by atoms with Crippen LogP contribution < -0.4 is 10.6 Å². The highest BCUT2D eigenvalue weighted by Gasteiger charge is 2.62. The average Bonchev–Trinajstić information content (AvgIpc) is 3.70. The molecule has 292 valence electrons. The number of carbonyl (C=O) groups excluding carboxylic acids is 2. The van der Waals surface area contributed by atoms with Crippen molar-refractivity contribution in [2.75, 3.05) is 11.9 Å². The summed E-state index contributed by atoms with van der Waals surface area (Å²) in [5.74, 6) is -2.81. The van der Waals surface area contributed by atoms with E-state index in [0.29, 0.717) is 33.9 Å². The van der Waals surface area contributed by atoms with E-state index in [9.17, 15) is 32.3 Å². The lowest BCUT2D eigenvalue weighted by Gasteiger charge is -2.34. The van der Waals surface area contributed by atoms with E-state index in [0.717, 1.165) is 12.1 Å². The van der Waals surface area contributed by atoms with Gasteiger partial charge in [-0.25, -0.2) is 27.3 Å². The number of aliphatic hydroxyl groups is 1. The minimum absolute atomic E-state index is 0.00252. The molecular formula is C38H34F6N8O4. The van der Waals surface area contributed by atoms with Crippen LogP contribution in [0.15, 0.2) is 48.7 Å². The van der Waals surface area contributed by atoms with E-state index in [-0.39, 0.29) is 47.9 Å². The Morgan fingerprint density at radius 2 is 1.82 bits per heavy atom. The van der Waals surface area contributed by atoms with Crippen LogP contribution >= 0.6 is 0 Å². The van der Waals surface area contributed by atoms with Gasteiger partial charge in [0.15, 0.2) is 5.65 Å². The first-order valence-corrected chi connectivity index (χ1v) is 17.6. The normalized spacial score (nSPS) is 17.4. The zero-order valence-corrected chi connectivity index (χ0v) is 30.1. The second kappa shape index (κ2) is 14.6. The van der Waals surface area contributed by atoms with Crippen molar-refractivity contribution in [3.05, 3.63) is 94.2 Å². The third-order valence-corrected chi connectivity index (χ3v) is 9.60. The zero-order valence-electron chi connectivity index (χ0n) is 30.1. The topological polar surface area (TPSA) is 149 Å². The molecule has 1 saturated carbocycles.